The third kappa shape index (κ3) is 4.93. The van der Waals surface area contributed by atoms with Gasteiger partial charge in [0.1, 0.15) is 25.6 Å². The van der Waals surface area contributed by atoms with Crippen LogP contribution in [0.2, 0.25) is 0 Å². The quantitative estimate of drug-likeness (QED) is 0.670. The number of fused-ring (bicyclic) bond motifs is 1. The van der Waals surface area contributed by atoms with Crippen LogP contribution in [-0.2, 0) is 4.74 Å². The monoisotopic (exact) mass is 435 g/mol. The molecule has 1 heterocycles. The molecule has 3 rings (SSSR count). The Balaban J connectivity index is 1.70. The molecule has 144 valence electrons. The van der Waals surface area contributed by atoms with Crippen LogP contribution in [0.25, 0.3) is 0 Å². The van der Waals surface area contributed by atoms with Gasteiger partial charge in [0.25, 0.3) is 5.91 Å². The lowest BCUT2D eigenvalue weighted by atomic mass is 10.1. The van der Waals surface area contributed by atoms with Crippen LogP contribution >= 0.6 is 15.9 Å². The summed E-state index contributed by atoms with van der Waals surface area (Å²) in [6, 6.07) is 10.6. The fourth-order valence-corrected chi connectivity index (χ4v) is 3.40. The van der Waals surface area contributed by atoms with Gasteiger partial charge in [-0.15, -0.1) is 0 Å². The van der Waals surface area contributed by atoms with E-state index in [9.17, 15) is 4.79 Å². The molecule has 0 bridgehead atoms. The van der Waals surface area contributed by atoms with Crippen molar-refractivity contribution in [1.29, 1.82) is 0 Å². The molecule has 0 fully saturated rings. The third-order valence-corrected chi connectivity index (χ3v) is 4.81. The predicted molar refractivity (Wildman–Crippen MR) is 105 cm³/mol. The molecule has 2 aromatic carbocycles. The summed E-state index contributed by atoms with van der Waals surface area (Å²) in [6.07, 6.45) is 0. The molecule has 6 nitrogen and oxygen atoms in total. The second-order valence-corrected chi connectivity index (χ2v) is 6.94. The van der Waals surface area contributed by atoms with Crippen molar-refractivity contribution in [2.75, 3.05) is 33.5 Å². The first-order valence-corrected chi connectivity index (χ1v) is 9.49. The zero-order chi connectivity index (χ0) is 19.2. The standard InChI is InChI=1S/C20H22BrNO5/c1-13(16-11-18-19(12-17(16)21)27-9-8-26-18)22-20(23)14-4-3-5-15(10-14)25-7-6-24-2/h3-5,10-13H,6-9H2,1-2H3,(H,22,23). The molecular formula is C20H22BrNO5. The smallest absolute Gasteiger partial charge is 0.251 e. The van der Waals surface area contributed by atoms with E-state index in [0.717, 1.165) is 10.0 Å². The van der Waals surface area contributed by atoms with Gasteiger partial charge in [-0.3, -0.25) is 4.79 Å². The molecule has 2 aromatic rings. The molecule has 0 spiro atoms. The first-order valence-electron chi connectivity index (χ1n) is 8.70. The van der Waals surface area contributed by atoms with Crippen LogP contribution in [0.4, 0.5) is 0 Å². The summed E-state index contributed by atoms with van der Waals surface area (Å²) in [7, 11) is 1.62. The first kappa shape index (κ1) is 19.5. The number of carbonyl (C=O) groups excluding carboxylic acids is 1. The van der Waals surface area contributed by atoms with Crippen molar-refractivity contribution < 1.29 is 23.7 Å². The molecule has 1 atom stereocenters. The van der Waals surface area contributed by atoms with E-state index in [-0.39, 0.29) is 11.9 Å². The van der Waals surface area contributed by atoms with Crippen molar-refractivity contribution in [3.05, 3.63) is 52.0 Å². The van der Waals surface area contributed by atoms with E-state index in [0.29, 0.717) is 49.2 Å². The number of carbonyl (C=O) groups is 1. The Morgan fingerprint density at radius 1 is 1.19 bits per heavy atom. The van der Waals surface area contributed by atoms with Gasteiger partial charge in [-0.25, -0.2) is 0 Å². The number of ether oxygens (including phenoxy) is 4. The Morgan fingerprint density at radius 3 is 2.67 bits per heavy atom. The number of methoxy groups -OCH3 is 1. The van der Waals surface area contributed by atoms with E-state index >= 15 is 0 Å². The number of amides is 1. The highest BCUT2D eigenvalue weighted by Gasteiger charge is 2.20. The lowest BCUT2D eigenvalue weighted by Gasteiger charge is -2.22. The number of rotatable bonds is 7. The summed E-state index contributed by atoms with van der Waals surface area (Å²) in [5, 5.41) is 3.01. The van der Waals surface area contributed by atoms with Gasteiger partial charge in [-0.1, -0.05) is 22.0 Å². The zero-order valence-corrected chi connectivity index (χ0v) is 16.9. The van der Waals surface area contributed by atoms with Gasteiger partial charge in [-0.2, -0.15) is 0 Å². The lowest BCUT2D eigenvalue weighted by molar-refractivity contribution is 0.0939. The van der Waals surface area contributed by atoms with Gasteiger partial charge < -0.3 is 24.3 Å². The Labute approximate surface area is 166 Å². The Morgan fingerprint density at radius 2 is 1.93 bits per heavy atom. The maximum absolute atomic E-state index is 12.6. The fraction of sp³-hybridized carbons (Fsp3) is 0.350. The zero-order valence-electron chi connectivity index (χ0n) is 15.3. The Kier molecular flexibility index (Phi) is 6.58. The molecule has 0 saturated carbocycles. The second-order valence-electron chi connectivity index (χ2n) is 6.08. The van der Waals surface area contributed by atoms with Gasteiger partial charge in [-0.05, 0) is 42.8 Å². The summed E-state index contributed by atoms with van der Waals surface area (Å²) < 4.78 is 22.6. The summed E-state index contributed by atoms with van der Waals surface area (Å²) in [5.41, 5.74) is 1.45. The SMILES string of the molecule is COCCOc1cccc(C(=O)NC(C)c2cc3c(cc2Br)OCCO3)c1. The maximum Gasteiger partial charge on any atom is 0.251 e. The Bertz CT molecular complexity index is 811. The minimum absolute atomic E-state index is 0.179. The molecule has 0 aromatic heterocycles. The third-order valence-electron chi connectivity index (χ3n) is 4.13. The van der Waals surface area contributed by atoms with Crippen LogP contribution in [-0.4, -0.2) is 39.4 Å². The number of hydrogen-bond acceptors (Lipinski definition) is 5. The molecule has 7 heteroatoms. The van der Waals surface area contributed by atoms with Gasteiger partial charge in [0, 0.05) is 17.1 Å². The van der Waals surface area contributed by atoms with Crippen molar-refractivity contribution in [1.82, 2.24) is 5.32 Å². The average molecular weight is 436 g/mol. The van der Waals surface area contributed by atoms with E-state index in [1.165, 1.54) is 0 Å². The molecule has 1 aliphatic heterocycles. The van der Waals surface area contributed by atoms with E-state index < -0.39 is 0 Å². The number of halogens is 1. The molecular weight excluding hydrogens is 414 g/mol. The molecule has 1 amide bonds. The molecule has 0 saturated heterocycles. The van der Waals surface area contributed by atoms with Crippen molar-refractivity contribution >= 4 is 21.8 Å². The summed E-state index contributed by atoms with van der Waals surface area (Å²) in [5.74, 6) is 1.85. The largest absolute Gasteiger partial charge is 0.491 e. The molecule has 0 aliphatic carbocycles. The van der Waals surface area contributed by atoms with Crippen molar-refractivity contribution in [2.45, 2.75) is 13.0 Å². The fourth-order valence-electron chi connectivity index (χ4n) is 2.74. The van der Waals surface area contributed by atoms with E-state index in [2.05, 4.69) is 21.2 Å². The molecule has 27 heavy (non-hydrogen) atoms. The van der Waals surface area contributed by atoms with Crippen LogP contribution < -0.4 is 19.5 Å². The topological polar surface area (TPSA) is 66.0 Å². The minimum Gasteiger partial charge on any atom is -0.491 e. The molecule has 1 aliphatic rings. The van der Waals surface area contributed by atoms with Crippen molar-refractivity contribution in [3.8, 4) is 17.2 Å². The number of benzene rings is 2. The minimum atomic E-state index is -0.222. The molecule has 0 radical (unpaired) electrons. The highest BCUT2D eigenvalue weighted by Crippen LogP contribution is 2.37. The van der Waals surface area contributed by atoms with Crippen molar-refractivity contribution in [3.63, 3.8) is 0 Å². The van der Waals surface area contributed by atoms with Gasteiger partial charge in [0.15, 0.2) is 11.5 Å². The normalized spacial score (nSPS) is 13.7. The van der Waals surface area contributed by atoms with Crippen LogP contribution in [0.5, 0.6) is 17.2 Å². The second kappa shape index (κ2) is 9.10. The van der Waals surface area contributed by atoms with Crippen LogP contribution in [0, 0.1) is 0 Å². The van der Waals surface area contributed by atoms with E-state index in [1.807, 2.05) is 25.1 Å². The Hall–Kier alpha value is -2.25. The van der Waals surface area contributed by atoms with E-state index in [4.69, 9.17) is 18.9 Å². The van der Waals surface area contributed by atoms with Gasteiger partial charge in [0.2, 0.25) is 0 Å². The lowest BCUT2D eigenvalue weighted by Crippen LogP contribution is -2.27. The summed E-state index contributed by atoms with van der Waals surface area (Å²) >= 11 is 3.55. The highest BCUT2D eigenvalue weighted by atomic mass is 79.9. The van der Waals surface area contributed by atoms with Crippen molar-refractivity contribution in [2.24, 2.45) is 0 Å². The van der Waals surface area contributed by atoms with Crippen LogP contribution in [0.15, 0.2) is 40.9 Å². The number of hydrogen-bond donors (Lipinski definition) is 1. The predicted octanol–water partition coefficient (Wildman–Crippen LogP) is 3.74. The first-order chi connectivity index (χ1) is 13.1. The maximum atomic E-state index is 12.6. The number of nitrogens with one attached hydrogen (secondary N) is 1. The van der Waals surface area contributed by atoms with Crippen LogP contribution in [0.3, 0.4) is 0 Å². The van der Waals surface area contributed by atoms with Gasteiger partial charge >= 0.3 is 0 Å². The van der Waals surface area contributed by atoms with Crippen LogP contribution in [0.1, 0.15) is 28.9 Å². The van der Waals surface area contributed by atoms with E-state index in [1.54, 1.807) is 25.3 Å². The summed E-state index contributed by atoms with van der Waals surface area (Å²) in [6.45, 7) is 3.90. The molecule has 1 unspecified atom stereocenters. The molecule has 1 N–H and O–H groups in total. The summed E-state index contributed by atoms with van der Waals surface area (Å²) in [4.78, 5) is 12.6. The van der Waals surface area contributed by atoms with Gasteiger partial charge in [0.05, 0.1) is 12.6 Å². The highest BCUT2D eigenvalue weighted by molar-refractivity contribution is 9.10. The average Bonchev–Trinajstić information content (AvgIpc) is 2.67.